The van der Waals surface area contributed by atoms with Crippen molar-refractivity contribution in [2.24, 2.45) is 0 Å². The van der Waals surface area contributed by atoms with Gasteiger partial charge in [-0.15, -0.1) is 0 Å². The molecule has 0 spiro atoms. The molecule has 2 aliphatic rings. The molecular weight excluding hydrogens is 497 g/mol. The first-order chi connectivity index (χ1) is 17.1. The first kappa shape index (κ1) is 27.7. The Morgan fingerprint density at radius 2 is 1.86 bits per heavy atom. The number of carbonyl (C=O) groups is 1. The van der Waals surface area contributed by atoms with Crippen molar-refractivity contribution in [3.8, 4) is 6.07 Å². The number of benzene rings is 1. The maximum atomic E-state index is 10.6. The average molecular weight is 525 g/mol. The number of ether oxygens (including phenoxy) is 1. The molecule has 194 valence electrons. The molecular formula is C25H28ClF3N4O3. The number of hydrogen-bond acceptors (Lipinski definition) is 6. The molecule has 0 radical (unpaired) electrons. The summed E-state index contributed by atoms with van der Waals surface area (Å²) in [6.07, 6.45) is -1.64. The van der Waals surface area contributed by atoms with Gasteiger partial charge in [-0.1, -0.05) is 29.8 Å². The van der Waals surface area contributed by atoms with Crippen LogP contribution in [0.1, 0.15) is 31.0 Å². The number of anilines is 1. The standard InChI is InChI=1S/C23H27ClN4O.C2HF3O2/c1-17-15-28(22(16-29-17)13-18-5-7-19(24)8-6-18)21-9-11-27(12-10-21)23-4-2-3-20(14-25)26-23;3-2(4,5)1(6)7/h2-8,17,21-22H,9-13,15-16H2,1H3;(H,6,7)/t17-,22-;/m0./s1. The minimum absolute atomic E-state index is 0.267. The molecule has 0 saturated carbocycles. The van der Waals surface area contributed by atoms with Crippen LogP contribution >= 0.6 is 11.6 Å². The van der Waals surface area contributed by atoms with Crippen LogP contribution in [0.5, 0.6) is 0 Å². The van der Waals surface area contributed by atoms with E-state index in [1.165, 1.54) is 5.56 Å². The second-order valence-electron chi connectivity index (χ2n) is 8.84. The minimum Gasteiger partial charge on any atom is -0.475 e. The number of aliphatic carboxylic acids is 1. The van der Waals surface area contributed by atoms with E-state index in [9.17, 15) is 13.2 Å². The molecule has 4 rings (SSSR count). The fraction of sp³-hybridized carbons (Fsp3) is 0.480. The molecule has 2 atom stereocenters. The van der Waals surface area contributed by atoms with E-state index < -0.39 is 12.1 Å². The zero-order chi connectivity index (χ0) is 26.3. The summed E-state index contributed by atoms with van der Waals surface area (Å²) in [5.74, 6) is -1.84. The number of nitrogens with zero attached hydrogens (tertiary/aromatic N) is 4. The van der Waals surface area contributed by atoms with Gasteiger partial charge in [-0.2, -0.15) is 18.4 Å². The van der Waals surface area contributed by atoms with E-state index in [0.717, 1.165) is 56.3 Å². The van der Waals surface area contributed by atoms with E-state index >= 15 is 0 Å². The molecule has 2 aromatic rings. The lowest BCUT2D eigenvalue weighted by molar-refractivity contribution is -0.192. The van der Waals surface area contributed by atoms with Gasteiger partial charge in [0, 0.05) is 36.7 Å². The average Bonchev–Trinajstić information content (AvgIpc) is 2.86. The zero-order valence-corrected chi connectivity index (χ0v) is 20.5. The van der Waals surface area contributed by atoms with Crippen molar-refractivity contribution in [3.63, 3.8) is 0 Å². The summed E-state index contributed by atoms with van der Waals surface area (Å²) in [6, 6.07) is 16.9. The third-order valence-electron chi connectivity index (χ3n) is 6.24. The van der Waals surface area contributed by atoms with Crippen molar-refractivity contribution < 1.29 is 27.8 Å². The number of aromatic nitrogens is 1. The van der Waals surface area contributed by atoms with Crippen molar-refractivity contribution in [1.29, 1.82) is 5.26 Å². The minimum atomic E-state index is -5.08. The van der Waals surface area contributed by atoms with Crippen LogP contribution in [-0.4, -0.2) is 71.6 Å². The van der Waals surface area contributed by atoms with Gasteiger partial charge in [-0.3, -0.25) is 4.90 Å². The number of nitriles is 1. The summed E-state index contributed by atoms with van der Waals surface area (Å²) >= 11 is 6.04. The number of halogens is 4. The highest BCUT2D eigenvalue weighted by molar-refractivity contribution is 6.30. The van der Waals surface area contributed by atoms with Crippen LogP contribution in [0.4, 0.5) is 19.0 Å². The van der Waals surface area contributed by atoms with Gasteiger partial charge < -0.3 is 14.7 Å². The lowest BCUT2D eigenvalue weighted by Crippen LogP contribution is -2.56. The fourth-order valence-corrected chi connectivity index (χ4v) is 4.60. The van der Waals surface area contributed by atoms with E-state index in [0.29, 0.717) is 17.8 Å². The Balaban J connectivity index is 0.000000454. The topological polar surface area (TPSA) is 89.7 Å². The molecule has 1 N–H and O–H groups in total. The number of rotatable bonds is 4. The van der Waals surface area contributed by atoms with Gasteiger partial charge in [0.2, 0.25) is 0 Å². The zero-order valence-electron chi connectivity index (χ0n) is 19.8. The van der Waals surface area contributed by atoms with E-state index in [1.54, 1.807) is 6.07 Å². The molecule has 36 heavy (non-hydrogen) atoms. The van der Waals surface area contributed by atoms with Crippen LogP contribution in [0.25, 0.3) is 0 Å². The van der Waals surface area contributed by atoms with Crippen LogP contribution in [0.3, 0.4) is 0 Å². The van der Waals surface area contributed by atoms with Crippen LogP contribution in [0.15, 0.2) is 42.5 Å². The number of alkyl halides is 3. The normalized spacial score (nSPS) is 21.3. The van der Waals surface area contributed by atoms with Gasteiger partial charge >= 0.3 is 12.1 Å². The molecule has 3 heterocycles. The molecule has 0 unspecified atom stereocenters. The van der Waals surface area contributed by atoms with Gasteiger partial charge in [0.15, 0.2) is 0 Å². The van der Waals surface area contributed by atoms with E-state index in [1.807, 2.05) is 24.3 Å². The quantitative estimate of drug-likeness (QED) is 0.628. The summed E-state index contributed by atoms with van der Waals surface area (Å²) in [6.45, 7) is 5.84. The fourth-order valence-electron chi connectivity index (χ4n) is 4.47. The highest BCUT2D eigenvalue weighted by Gasteiger charge is 2.38. The van der Waals surface area contributed by atoms with E-state index in [2.05, 4.69) is 39.9 Å². The van der Waals surface area contributed by atoms with Crippen LogP contribution in [0, 0.1) is 11.3 Å². The maximum Gasteiger partial charge on any atom is 0.490 e. The Labute approximate surface area is 213 Å². The number of carboxylic acids is 1. The molecule has 1 aromatic carbocycles. The smallest absolute Gasteiger partial charge is 0.475 e. The van der Waals surface area contributed by atoms with Crippen molar-refractivity contribution in [1.82, 2.24) is 9.88 Å². The Hall–Kier alpha value is -2.87. The lowest BCUT2D eigenvalue weighted by atomic mass is 9.96. The van der Waals surface area contributed by atoms with Gasteiger partial charge in [-0.25, -0.2) is 9.78 Å². The first-order valence-electron chi connectivity index (χ1n) is 11.6. The highest BCUT2D eigenvalue weighted by Crippen LogP contribution is 2.27. The summed E-state index contributed by atoms with van der Waals surface area (Å²) in [5, 5.41) is 17.0. The molecule has 2 aliphatic heterocycles. The van der Waals surface area contributed by atoms with Crippen LogP contribution in [-0.2, 0) is 16.0 Å². The maximum absolute atomic E-state index is 10.6. The molecule has 0 aliphatic carbocycles. The van der Waals surface area contributed by atoms with Crippen molar-refractivity contribution in [2.75, 3.05) is 31.1 Å². The van der Waals surface area contributed by atoms with Gasteiger partial charge in [-0.05, 0) is 56.0 Å². The van der Waals surface area contributed by atoms with Gasteiger partial charge in [0.1, 0.15) is 17.6 Å². The number of piperidine rings is 1. The molecule has 1 aromatic heterocycles. The largest absolute Gasteiger partial charge is 0.490 e. The monoisotopic (exact) mass is 524 g/mol. The number of morpholine rings is 1. The Morgan fingerprint density at radius 3 is 2.44 bits per heavy atom. The van der Waals surface area contributed by atoms with Crippen molar-refractivity contribution in [3.05, 3.63) is 58.7 Å². The van der Waals surface area contributed by atoms with Gasteiger partial charge in [0.05, 0.1) is 12.7 Å². The second kappa shape index (κ2) is 12.4. The summed E-state index contributed by atoms with van der Waals surface area (Å²) < 4.78 is 37.7. The van der Waals surface area contributed by atoms with Crippen LogP contribution in [0.2, 0.25) is 5.02 Å². The summed E-state index contributed by atoms with van der Waals surface area (Å²) in [7, 11) is 0. The third kappa shape index (κ3) is 7.82. The number of carboxylic acid groups (broad SMARTS) is 1. The number of pyridine rings is 1. The first-order valence-corrected chi connectivity index (χ1v) is 12.0. The van der Waals surface area contributed by atoms with Crippen molar-refractivity contribution in [2.45, 2.75) is 50.6 Å². The summed E-state index contributed by atoms with van der Waals surface area (Å²) in [5.41, 5.74) is 1.78. The van der Waals surface area contributed by atoms with Crippen LogP contribution < -0.4 is 4.90 Å². The third-order valence-corrected chi connectivity index (χ3v) is 6.50. The predicted molar refractivity (Wildman–Crippen MR) is 129 cm³/mol. The Morgan fingerprint density at radius 1 is 1.22 bits per heavy atom. The molecule has 2 fully saturated rings. The predicted octanol–water partition coefficient (Wildman–Crippen LogP) is 4.54. The second-order valence-corrected chi connectivity index (χ2v) is 9.28. The molecule has 0 amide bonds. The summed E-state index contributed by atoms with van der Waals surface area (Å²) in [4.78, 5) is 18.3. The molecule has 11 heteroatoms. The highest BCUT2D eigenvalue weighted by atomic mass is 35.5. The number of hydrogen-bond donors (Lipinski definition) is 1. The Kier molecular flexibility index (Phi) is 9.54. The molecule has 2 saturated heterocycles. The SMILES string of the molecule is C[C@H]1CN(C2CCN(c3cccc(C#N)n3)CC2)[C@@H](Cc2ccc(Cl)cc2)CO1.O=C(O)C(F)(F)F. The lowest BCUT2D eigenvalue weighted by Gasteiger charge is -2.46. The van der Waals surface area contributed by atoms with Gasteiger partial charge in [0.25, 0.3) is 0 Å². The van der Waals surface area contributed by atoms with E-state index in [-0.39, 0.29) is 6.10 Å². The molecule has 0 bridgehead atoms. The van der Waals surface area contributed by atoms with Crippen molar-refractivity contribution >= 4 is 23.4 Å². The Bertz CT molecular complexity index is 1050. The molecule has 7 nitrogen and oxygen atoms in total. The van der Waals surface area contributed by atoms with E-state index in [4.69, 9.17) is 31.5 Å².